The Morgan fingerprint density at radius 2 is 1.83 bits per heavy atom. The Hall–Kier alpha value is -4.54. The number of carbonyl (C=O) groups is 3. The van der Waals surface area contributed by atoms with Gasteiger partial charge >= 0.3 is 5.97 Å². The number of amides is 1. The third kappa shape index (κ3) is 7.23. The van der Waals surface area contributed by atoms with Gasteiger partial charge in [-0.3, -0.25) is 9.59 Å². The number of Topliss-reactive ketones (excluding diaryl/α,β-unsaturated/α-hetero) is 1. The maximum Gasteiger partial charge on any atom is 0.335 e. The van der Waals surface area contributed by atoms with Crippen LogP contribution in [0.25, 0.3) is 11.3 Å². The second-order valence-corrected chi connectivity index (χ2v) is 7.68. The summed E-state index contributed by atoms with van der Waals surface area (Å²) in [7, 11) is 0. The van der Waals surface area contributed by atoms with Crippen molar-refractivity contribution in [2.24, 2.45) is 5.16 Å². The molecule has 188 valence electrons. The second kappa shape index (κ2) is 12.2. The molecule has 3 aromatic rings. The number of aromatic carboxylic acids is 1. The number of carboxylic acid groups (broad SMARTS) is 1. The zero-order chi connectivity index (χ0) is 26.1. The van der Waals surface area contributed by atoms with Crippen LogP contribution in [0.2, 0.25) is 0 Å². The van der Waals surface area contributed by atoms with Crippen molar-refractivity contribution in [2.75, 3.05) is 19.8 Å². The van der Waals surface area contributed by atoms with Crippen LogP contribution in [0.1, 0.15) is 46.7 Å². The fourth-order valence-electron chi connectivity index (χ4n) is 2.92. The zero-order valence-corrected chi connectivity index (χ0v) is 19.6. The van der Waals surface area contributed by atoms with Crippen molar-refractivity contribution >= 4 is 23.4 Å². The van der Waals surface area contributed by atoms with Gasteiger partial charge in [-0.15, -0.1) is 0 Å². The van der Waals surface area contributed by atoms with E-state index in [-0.39, 0.29) is 53.1 Å². The van der Waals surface area contributed by atoms with Gasteiger partial charge < -0.3 is 24.5 Å². The molecule has 0 saturated heterocycles. The quantitative estimate of drug-likeness (QED) is 0.219. The summed E-state index contributed by atoms with van der Waals surface area (Å²) >= 11 is 0. The summed E-state index contributed by atoms with van der Waals surface area (Å²) < 4.78 is 24.3. The number of nitrogens with one attached hydrogen (secondary N) is 1. The van der Waals surface area contributed by atoms with E-state index in [1.165, 1.54) is 37.3 Å². The Labute approximate surface area is 205 Å². The smallest absolute Gasteiger partial charge is 0.335 e. The first-order valence-electron chi connectivity index (χ1n) is 11.0. The molecule has 2 N–H and O–H groups in total. The monoisotopic (exact) mass is 497 g/mol. The van der Waals surface area contributed by atoms with E-state index in [2.05, 4.69) is 15.6 Å². The highest BCUT2D eigenvalue weighted by Gasteiger charge is 2.17. The van der Waals surface area contributed by atoms with Gasteiger partial charge in [0.05, 0.1) is 12.1 Å². The Bertz CT molecular complexity index is 1270. The molecule has 10 nitrogen and oxygen atoms in total. The van der Waals surface area contributed by atoms with Crippen LogP contribution in [0.5, 0.6) is 5.75 Å². The van der Waals surface area contributed by atoms with Crippen LogP contribution in [0.4, 0.5) is 4.39 Å². The van der Waals surface area contributed by atoms with Gasteiger partial charge in [-0.25, -0.2) is 9.18 Å². The predicted octanol–water partition coefficient (Wildman–Crippen LogP) is 3.71. The molecule has 0 aliphatic carbocycles. The van der Waals surface area contributed by atoms with Crippen LogP contribution in [0.3, 0.4) is 0 Å². The standard InChI is InChI=1S/C25H24FN3O7/c1-3-8-35-28-22(23-12-21(29-36-23)16-4-6-19(26)7-5-16)14-34-20-10-17(9-18(11-20)25(32)33)24(31)27-13-15(2)30/h4-7,9-12H,3,8,13-14H2,1-2H3,(H,27,31)(H,32,33)/b28-22+. The van der Waals surface area contributed by atoms with E-state index in [1.54, 1.807) is 18.2 Å². The van der Waals surface area contributed by atoms with E-state index in [0.29, 0.717) is 24.3 Å². The summed E-state index contributed by atoms with van der Waals surface area (Å²) in [6.45, 7) is 3.15. The Kier molecular flexibility index (Phi) is 8.87. The largest absolute Gasteiger partial charge is 0.487 e. The van der Waals surface area contributed by atoms with Crippen molar-refractivity contribution in [3.05, 3.63) is 71.2 Å². The number of hydrogen-bond donors (Lipinski definition) is 2. The average Bonchev–Trinajstić information content (AvgIpc) is 3.35. The van der Waals surface area contributed by atoms with Gasteiger partial charge in [-0.05, 0) is 55.8 Å². The molecule has 0 aliphatic heterocycles. The van der Waals surface area contributed by atoms with E-state index in [4.69, 9.17) is 14.1 Å². The third-order valence-electron chi connectivity index (χ3n) is 4.69. The van der Waals surface area contributed by atoms with Crippen LogP contribution in [0.15, 0.2) is 58.2 Å². The lowest BCUT2D eigenvalue weighted by Gasteiger charge is -2.10. The molecule has 0 radical (unpaired) electrons. The van der Waals surface area contributed by atoms with Gasteiger partial charge in [-0.1, -0.05) is 17.2 Å². The first-order chi connectivity index (χ1) is 17.3. The van der Waals surface area contributed by atoms with E-state index in [1.807, 2.05) is 6.92 Å². The van der Waals surface area contributed by atoms with Crippen molar-refractivity contribution in [2.45, 2.75) is 20.3 Å². The Morgan fingerprint density at radius 3 is 2.50 bits per heavy atom. The van der Waals surface area contributed by atoms with Crippen molar-refractivity contribution in [1.29, 1.82) is 0 Å². The molecule has 0 fully saturated rings. The number of rotatable bonds is 12. The van der Waals surface area contributed by atoms with Crippen molar-refractivity contribution in [3.63, 3.8) is 0 Å². The first-order valence-corrected chi connectivity index (χ1v) is 11.0. The van der Waals surface area contributed by atoms with Crippen LogP contribution in [-0.4, -0.2) is 53.4 Å². The predicted molar refractivity (Wildman–Crippen MR) is 127 cm³/mol. The van der Waals surface area contributed by atoms with E-state index in [0.717, 1.165) is 0 Å². The number of carboxylic acids is 1. The normalized spacial score (nSPS) is 11.1. The summed E-state index contributed by atoms with van der Waals surface area (Å²) in [5.41, 5.74) is 1.10. The summed E-state index contributed by atoms with van der Waals surface area (Å²) in [5.74, 6) is -2.24. The van der Waals surface area contributed by atoms with E-state index >= 15 is 0 Å². The minimum atomic E-state index is -1.26. The van der Waals surface area contributed by atoms with Gasteiger partial charge in [0.1, 0.15) is 36.3 Å². The van der Waals surface area contributed by atoms with Crippen LogP contribution >= 0.6 is 0 Å². The van der Waals surface area contributed by atoms with Gasteiger partial charge in [0.25, 0.3) is 5.91 Å². The maximum atomic E-state index is 13.2. The molecular formula is C25H24FN3O7. The molecule has 2 aromatic carbocycles. The fraction of sp³-hybridized carbons (Fsp3) is 0.240. The van der Waals surface area contributed by atoms with Crippen LogP contribution in [0, 0.1) is 5.82 Å². The highest BCUT2D eigenvalue weighted by Crippen LogP contribution is 2.22. The molecule has 0 unspecified atom stereocenters. The minimum absolute atomic E-state index is 0.00475. The lowest BCUT2D eigenvalue weighted by Crippen LogP contribution is -2.28. The molecule has 1 aromatic heterocycles. The maximum absolute atomic E-state index is 13.2. The molecule has 11 heteroatoms. The van der Waals surface area contributed by atoms with Crippen molar-refractivity contribution < 1.29 is 38.0 Å². The average molecular weight is 497 g/mol. The summed E-state index contributed by atoms with van der Waals surface area (Å²) in [5, 5.41) is 19.9. The number of aromatic nitrogens is 1. The molecule has 0 aliphatic rings. The molecule has 36 heavy (non-hydrogen) atoms. The molecule has 0 bridgehead atoms. The zero-order valence-electron chi connectivity index (χ0n) is 19.6. The molecule has 1 amide bonds. The highest BCUT2D eigenvalue weighted by molar-refractivity contribution is 6.01. The molecule has 0 saturated carbocycles. The summed E-state index contributed by atoms with van der Waals surface area (Å²) in [6.07, 6.45) is 0.703. The second-order valence-electron chi connectivity index (χ2n) is 7.68. The highest BCUT2D eigenvalue weighted by atomic mass is 19.1. The summed E-state index contributed by atoms with van der Waals surface area (Å²) in [6, 6.07) is 11.0. The van der Waals surface area contributed by atoms with Crippen LogP contribution in [-0.2, 0) is 9.63 Å². The van der Waals surface area contributed by atoms with Gasteiger partial charge in [0.2, 0.25) is 0 Å². The third-order valence-corrected chi connectivity index (χ3v) is 4.69. The van der Waals surface area contributed by atoms with Crippen LogP contribution < -0.4 is 10.1 Å². The lowest BCUT2D eigenvalue weighted by atomic mass is 10.1. The fourth-order valence-corrected chi connectivity index (χ4v) is 2.92. The number of ketones is 1. The number of oxime groups is 1. The molecule has 0 atom stereocenters. The number of ether oxygens (including phenoxy) is 1. The topological polar surface area (TPSA) is 140 Å². The van der Waals surface area contributed by atoms with Crippen molar-refractivity contribution in [3.8, 4) is 17.0 Å². The van der Waals surface area contributed by atoms with Gasteiger partial charge in [0, 0.05) is 17.2 Å². The molecule has 1 heterocycles. The summed E-state index contributed by atoms with van der Waals surface area (Å²) in [4.78, 5) is 40.4. The minimum Gasteiger partial charge on any atom is -0.487 e. The Morgan fingerprint density at radius 1 is 1.11 bits per heavy atom. The lowest BCUT2D eigenvalue weighted by molar-refractivity contribution is -0.116. The first kappa shape index (κ1) is 26.1. The molecular weight excluding hydrogens is 473 g/mol. The van der Waals surface area contributed by atoms with E-state index < -0.39 is 11.9 Å². The number of nitrogens with zero attached hydrogens (tertiary/aromatic N) is 2. The van der Waals surface area contributed by atoms with Gasteiger partial charge in [-0.2, -0.15) is 0 Å². The van der Waals surface area contributed by atoms with Crippen molar-refractivity contribution in [1.82, 2.24) is 10.5 Å². The van der Waals surface area contributed by atoms with E-state index in [9.17, 15) is 23.9 Å². The van der Waals surface area contributed by atoms with Gasteiger partial charge in [0.15, 0.2) is 11.5 Å². The SMILES string of the molecule is CCCO/N=C(\COc1cc(C(=O)O)cc(C(=O)NCC(C)=O)c1)c1cc(-c2ccc(F)cc2)no1. The number of carbonyl (C=O) groups excluding carboxylic acids is 2. The molecule has 3 rings (SSSR count). The number of hydrogen-bond acceptors (Lipinski definition) is 8. The Balaban J connectivity index is 1.84. The molecule has 0 spiro atoms. The number of halogens is 1. The number of benzene rings is 2.